The molecular weight excluding hydrogens is 276 g/mol. The molecule has 1 heterocycles. The van der Waals surface area contributed by atoms with Crippen LogP contribution in [0.5, 0.6) is 0 Å². The number of aromatic nitrogens is 2. The van der Waals surface area contributed by atoms with E-state index in [1.54, 1.807) is 35.9 Å². The molecule has 1 aliphatic carbocycles. The molecule has 1 aliphatic rings. The molecule has 2 aromatic rings. The van der Waals surface area contributed by atoms with Gasteiger partial charge in [-0.2, -0.15) is 0 Å². The standard InChI is InChI=1S/C15H15ClN2O2/c1-17-13-5-3-2-4-12(13)14(19)18(15(17)20)11-8-6-10(16)7-9-11/h6-9H,2-5H2,1H3. The zero-order valence-corrected chi connectivity index (χ0v) is 12.0. The lowest BCUT2D eigenvalue weighted by Crippen LogP contribution is -2.42. The predicted molar refractivity (Wildman–Crippen MR) is 78.9 cm³/mol. The molecule has 0 N–H and O–H groups in total. The lowest BCUT2D eigenvalue weighted by atomic mass is 9.97. The van der Waals surface area contributed by atoms with Crippen molar-refractivity contribution in [3.63, 3.8) is 0 Å². The number of hydrogen-bond acceptors (Lipinski definition) is 2. The number of halogens is 1. The second-order valence-electron chi connectivity index (χ2n) is 5.09. The molecule has 0 saturated carbocycles. The highest BCUT2D eigenvalue weighted by Crippen LogP contribution is 2.17. The Morgan fingerprint density at radius 1 is 1.05 bits per heavy atom. The maximum absolute atomic E-state index is 12.6. The number of nitrogens with zero attached hydrogens (tertiary/aromatic N) is 2. The first-order valence-corrected chi connectivity index (χ1v) is 7.07. The van der Waals surface area contributed by atoms with Crippen molar-refractivity contribution in [2.24, 2.45) is 7.05 Å². The van der Waals surface area contributed by atoms with Gasteiger partial charge in [-0.05, 0) is 49.9 Å². The monoisotopic (exact) mass is 290 g/mol. The van der Waals surface area contributed by atoms with Crippen LogP contribution in [-0.2, 0) is 19.9 Å². The van der Waals surface area contributed by atoms with Gasteiger partial charge in [-0.3, -0.25) is 4.79 Å². The van der Waals surface area contributed by atoms with Crippen LogP contribution in [0.1, 0.15) is 24.1 Å². The van der Waals surface area contributed by atoms with E-state index in [2.05, 4.69) is 0 Å². The summed E-state index contributed by atoms with van der Waals surface area (Å²) in [5.74, 6) is 0. The fourth-order valence-corrected chi connectivity index (χ4v) is 2.92. The van der Waals surface area contributed by atoms with Crippen LogP contribution in [-0.4, -0.2) is 9.13 Å². The summed E-state index contributed by atoms with van der Waals surface area (Å²) in [7, 11) is 1.73. The zero-order chi connectivity index (χ0) is 14.3. The van der Waals surface area contributed by atoms with E-state index < -0.39 is 0 Å². The molecule has 0 fully saturated rings. The zero-order valence-electron chi connectivity index (χ0n) is 11.2. The molecule has 0 spiro atoms. The van der Waals surface area contributed by atoms with Crippen molar-refractivity contribution in [3.8, 4) is 5.69 Å². The van der Waals surface area contributed by atoms with Crippen LogP contribution in [0.15, 0.2) is 33.9 Å². The van der Waals surface area contributed by atoms with Gasteiger partial charge in [0.1, 0.15) is 0 Å². The summed E-state index contributed by atoms with van der Waals surface area (Å²) in [6.07, 6.45) is 3.58. The second kappa shape index (κ2) is 4.94. The van der Waals surface area contributed by atoms with Crippen LogP contribution in [0, 0.1) is 0 Å². The van der Waals surface area contributed by atoms with E-state index >= 15 is 0 Å². The van der Waals surface area contributed by atoms with E-state index in [1.807, 2.05) is 0 Å². The van der Waals surface area contributed by atoms with E-state index in [0.717, 1.165) is 36.9 Å². The number of rotatable bonds is 1. The van der Waals surface area contributed by atoms with Crippen molar-refractivity contribution in [1.82, 2.24) is 9.13 Å². The minimum Gasteiger partial charge on any atom is -0.300 e. The van der Waals surface area contributed by atoms with Gasteiger partial charge in [0, 0.05) is 23.3 Å². The van der Waals surface area contributed by atoms with Gasteiger partial charge in [0.05, 0.1) is 5.69 Å². The predicted octanol–water partition coefficient (Wildman–Crippen LogP) is 2.07. The fraction of sp³-hybridized carbons (Fsp3) is 0.333. The molecule has 5 heteroatoms. The largest absolute Gasteiger partial charge is 0.335 e. The molecule has 3 rings (SSSR count). The van der Waals surface area contributed by atoms with Gasteiger partial charge in [0.2, 0.25) is 0 Å². The van der Waals surface area contributed by atoms with Crippen molar-refractivity contribution in [2.75, 3.05) is 0 Å². The van der Waals surface area contributed by atoms with Gasteiger partial charge in [-0.25, -0.2) is 9.36 Å². The molecule has 0 atom stereocenters. The molecule has 1 aromatic carbocycles. The summed E-state index contributed by atoms with van der Waals surface area (Å²) < 4.78 is 2.84. The van der Waals surface area contributed by atoms with Crippen molar-refractivity contribution in [2.45, 2.75) is 25.7 Å². The lowest BCUT2D eigenvalue weighted by molar-refractivity contribution is 0.586. The number of hydrogen-bond donors (Lipinski definition) is 0. The van der Waals surface area contributed by atoms with Crippen LogP contribution in [0.25, 0.3) is 5.69 Å². The van der Waals surface area contributed by atoms with Crippen molar-refractivity contribution in [1.29, 1.82) is 0 Å². The SMILES string of the molecule is Cn1c2c(c(=O)n(-c3ccc(Cl)cc3)c1=O)CCCC2. The Morgan fingerprint density at radius 2 is 1.70 bits per heavy atom. The van der Waals surface area contributed by atoms with Crippen molar-refractivity contribution < 1.29 is 0 Å². The molecule has 0 unspecified atom stereocenters. The lowest BCUT2D eigenvalue weighted by Gasteiger charge is -2.20. The van der Waals surface area contributed by atoms with Gasteiger partial charge >= 0.3 is 5.69 Å². The topological polar surface area (TPSA) is 44.0 Å². The average Bonchev–Trinajstić information content (AvgIpc) is 2.47. The normalized spacial score (nSPS) is 14.1. The van der Waals surface area contributed by atoms with E-state index in [4.69, 9.17) is 11.6 Å². The van der Waals surface area contributed by atoms with Crippen molar-refractivity contribution in [3.05, 3.63) is 61.4 Å². The molecule has 0 bridgehead atoms. The molecule has 1 aromatic heterocycles. The van der Waals surface area contributed by atoms with Gasteiger partial charge in [-0.1, -0.05) is 11.6 Å². The highest BCUT2D eigenvalue weighted by atomic mass is 35.5. The van der Waals surface area contributed by atoms with E-state index in [-0.39, 0.29) is 11.2 Å². The summed E-state index contributed by atoms with van der Waals surface area (Å²) in [4.78, 5) is 25.0. The Morgan fingerprint density at radius 3 is 2.40 bits per heavy atom. The van der Waals surface area contributed by atoms with E-state index in [0.29, 0.717) is 10.7 Å². The summed E-state index contributed by atoms with van der Waals surface area (Å²) >= 11 is 5.85. The third kappa shape index (κ3) is 2.00. The average molecular weight is 291 g/mol. The van der Waals surface area contributed by atoms with Gasteiger partial charge < -0.3 is 4.57 Å². The highest BCUT2D eigenvalue weighted by molar-refractivity contribution is 6.30. The molecule has 4 nitrogen and oxygen atoms in total. The van der Waals surface area contributed by atoms with Crippen molar-refractivity contribution >= 4 is 11.6 Å². The molecule has 0 amide bonds. The van der Waals surface area contributed by atoms with E-state index in [1.165, 1.54) is 4.57 Å². The molecular formula is C15H15ClN2O2. The Bertz CT molecular complexity index is 772. The quantitative estimate of drug-likeness (QED) is 0.807. The van der Waals surface area contributed by atoms with Gasteiger partial charge in [0.25, 0.3) is 5.56 Å². The van der Waals surface area contributed by atoms with Crippen LogP contribution in [0.4, 0.5) is 0 Å². The molecule has 0 aliphatic heterocycles. The maximum atomic E-state index is 12.6. The molecule has 104 valence electrons. The van der Waals surface area contributed by atoms with Crippen LogP contribution < -0.4 is 11.2 Å². The van der Waals surface area contributed by atoms with Gasteiger partial charge in [-0.15, -0.1) is 0 Å². The molecule has 0 saturated heterocycles. The minimum absolute atomic E-state index is 0.190. The number of fused-ring (bicyclic) bond motifs is 1. The van der Waals surface area contributed by atoms with Crippen LogP contribution in [0.2, 0.25) is 5.02 Å². The molecule has 0 radical (unpaired) electrons. The summed E-state index contributed by atoms with van der Waals surface area (Å²) in [5, 5.41) is 0.580. The Balaban J connectivity index is 2.32. The summed E-state index contributed by atoms with van der Waals surface area (Å²) in [6.45, 7) is 0. The Labute approximate surface area is 121 Å². The third-order valence-corrected chi connectivity index (χ3v) is 4.12. The Kier molecular flexibility index (Phi) is 3.26. The Hall–Kier alpha value is -1.81. The second-order valence-corrected chi connectivity index (χ2v) is 5.53. The minimum atomic E-state index is -0.294. The smallest absolute Gasteiger partial charge is 0.300 e. The highest BCUT2D eigenvalue weighted by Gasteiger charge is 2.20. The molecule has 20 heavy (non-hydrogen) atoms. The third-order valence-electron chi connectivity index (χ3n) is 3.87. The van der Waals surface area contributed by atoms with Gasteiger partial charge in [0.15, 0.2) is 0 Å². The first kappa shape index (κ1) is 13.2. The maximum Gasteiger partial charge on any atom is 0.335 e. The first-order valence-electron chi connectivity index (χ1n) is 6.69. The number of benzene rings is 1. The van der Waals surface area contributed by atoms with E-state index in [9.17, 15) is 9.59 Å². The summed E-state index contributed by atoms with van der Waals surface area (Å²) in [6, 6.07) is 6.76. The van der Waals surface area contributed by atoms with Crippen LogP contribution in [0.3, 0.4) is 0 Å². The summed E-state index contributed by atoms with van der Waals surface area (Å²) in [5.41, 5.74) is 1.74. The first-order chi connectivity index (χ1) is 9.59. The fourth-order valence-electron chi connectivity index (χ4n) is 2.80. The van der Waals surface area contributed by atoms with Crippen LogP contribution >= 0.6 is 11.6 Å².